The average Bonchev–Trinajstić information content (AvgIpc) is 2.87. The molecule has 1 amide bonds. The molecule has 0 unspecified atom stereocenters. The molecule has 8 heteroatoms. The molecule has 128 valence electrons. The first-order chi connectivity index (χ1) is 11.1. The number of sulfone groups is 1. The zero-order valence-electron chi connectivity index (χ0n) is 13.4. The fourth-order valence-electron chi connectivity index (χ4n) is 2.18. The van der Waals surface area contributed by atoms with E-state index in [1.807, 2.05) is 13.8 Å². The summed E-state index contributed by atoms with van der Waals surface area (Å²) >= 11 is 1.36. The van der Waals surface area contributed by atoms with Crippen molar-refractivity contribution < 1.29 is 23.1 Å². The number of carbonyl (C=O) groups is 2. The summed E-state index contributed by atoms with van der Waals surface area (Å²) in [7, 11) is -3.60. The SMILES string of the molecule is CCc1sc(C(=O)Nc2cc(C(=O)O)cc(S(C)(=O)=O)c2)cc1C. The van der Waals surface area contributed by atoms with Crippen molar-refractivity contribution in [3.63, 3.8) is 0 Å². The number of nitrogens with one attached hydrogen (secondary N) is 1. The van der Waals surface area contributed by atoms with E-state index in [2.05, 4.69) is 5.32 Å². The van der Waals surface area contributed by atoms with Crippen molar-refractivity contribution in [1.29, 1.82) is 0 Å². The Labute approximate surface area is 144 Å². The molecule has 0 bridgehead atoms. The Balaban J connectivity index is 2.39. The predicted molar refractivity (Wildman–Crippen MR) is 92.9 cm³/mol. The van der Waals surface area contributed by atoms with Gasteiger partial charge in [0.15, 0.2) is 9.84 Å². The van der Waals surface area contributed by atoms with Crippen LogP contribution in [0.1, 0.15) is 37.4 Å². The monoisotopic (exact) mass is 367 g/mol. The van der Waals surface area contributed by atoms with Crippen molar-refractivity contribution in [2.75, 3.05) is 11.6 Å². The largest absolute Gasteiger partial charge is 0.478 e. The molecule has 24 heavy (non-hydrogen) atoms. The van der Waals surface area contributed by atoms with Crippen LogP contribution in [0.5, 0.6) is 0 Å². The molecule has 6 nitrogen and oxygen atoms in total. The minimum absolute atomic E-state index is 0.129. The van der Waals surface area contributed by atoms with Gasteiger partial charge in [0.1, 0.15) is 0 Å². The zero-order chi connectivity index (χ0) is 18.1. The Morgan fingerprint density at radius 1 is 1.21 bits per heavy atom. The summed E-state index contributed by atoms with van der Waals surface area (Å²) in [5.41, 5.74) is 0.943. The molecular weight excluding hydrogens is 350 g/mol. The van der Waals surface area contributed by atoms with Crippen LogP contribution in [0.2, 0.25) is 0 Å². The Morgan fingerprint density at radius 2 is 1.88 bits per heavy atom. The predicted octanol–water partition coefficient (Wildman–Crippen LogP) is 2.97. The standard InChI is InChI=1S/C16H17NO5S2/c1-4-13-9(2)5-14(23-13)15(18)17-11-6-10(16(19)20)7-12(8-11)24(3,21)22/h5-8H,4H2,1-3H3,(H,17,18)(H,19,20). The summed E-state index contributed by atoms with van der Waals surface area (Å²) in [5, 5.41) is 11.7. The van der Waals surface area contributed by atoms with Gasteiger partial charge in [0.05, 0.1) is 15.3 Å². The highest BCUT2D eigenvalue weighted by molar-refractivity contribution is 7.90. The van der Waals surface area contributed by atoms with Crippen molar-refractivity contribution in [2.45, 2.75) is 25.2 Å². The smallest absolute Gasteiger partial charge is 0.335 e. The van der Waals surface area contributed by atoms with E-state index in [1.165, 1.54) is 23.5 Å². The third-order valence-corrected chi connectivity index (χ3v) is 5.88. The van der Waals surface area contributed by atoms with Crippen LogP contribution < -0.4 is 5.32 Å². The van der Waals surface area contributed by atoms with Gasteiger partial charge in [0.25, 0.3) is 5.91 Å². The lowest BCUT2D eigenvalue weighted by molar-refractivity contribution is 0.0696. The molecule has 0 spiro atoms. The second kappa shape index (κ2) is 6.74. The van der Waals surface area contributed by atoms with Crippen molar-refractivity contribution >= 4 is 38.7 Å². The molecule has 0 radical (unpaired) electrons. The maximum atomic E-state index is 12.3. The summed E-state index contributed by atoms with van der Waals surface area (Å²) < 4.78 is 23.4. The third kappa shape index (κ3) is 4.01. The number of amides is 1. The van der Waals surface area contributed by atoms with Gasteiger partial charge < -0.3 is 10.4 Å². The highest BCUT2D eigenvalue weighted by atomic mass is 32.2. The lowest BCUT2D eigenvalue weighted by atomic mass is 10.2. The molecule has 1 aromatic heterocycles. The Morgan fingerprint density at radius 3 is 2.38 bits per heavy atom. The highest BCUT2D eigenvalue weighted by Gasteiger charge is 2.17. The maximum Gasteiger partial charge on any atom is 0.335 e. The Kier molecular flexibility index (Phi) is 5.10. The molecule has 0 saturated heterocycles. The van der Waals surface area contributed by atoms with E-state index in [-0.39, 0.29) is 16.1 Å². The van der Waals surface area contributed by atoms with E-state index in [0.717, 1.165) is 29.2 Å². The maximum absolute atomic E-state index is 12.3. The number of carboxylic acid groups (broad SMARTS) is 1. The van der Waals surface area contributed by atoms with Gasteiger partial charge in [-0.05, 0) is 43.2 Å². The molecule has 0 aliphatic heterocycles. The second-order valence-corrected chi connectivity index (χ2v) is 8.50. The van der Waals surface area contributed by atoms with Crippen LogP contribution in [0.15, 0.2) is 29.2 Å². The van der Waals surface area contributed by atoms with E-state index in [4.69, 9.17) is 5.11 Å². The topological polar surface area (TPSA) is 101 Å². The number of carboxylic acids is 1. The van der Waals surface area contributed by atoms with E-state index in [0.29, 0.717) is 4.88 Å². The van der Waals surface area contributed by atoms with Crippen LogP contribution in [-0.2, 0) is 16.3 Å². The highest BCUT2D eigenvalue weighted by Crippen LogP contribution is 2.25. The summed E-state index contributed by atoms with van der Waals surface area (Å²) in [4.78, 5) is 24.9. The van der Waals surface area contributed by atoms with Gasteiger partial charge in [-0.15, -0.1) is 11.3 Å². The number of benzene rings is 1. The number of carbonyl (C=O) groups excluding carboxylic acids is 1. The van der Waals surface area contributed by atoms with E-state index in [9.17, 15) is 18.0 Å². The van der Waals surface area contributed by atoms with E-state index in [1.54, 1.807) is 6.07 Å². The van der Waals surface area contributed by atoms with Gasteiger partial charge in [-0.2, -0.15) is 0 Å². The fourth-order valence-corrected chi connectivity index (χ4v) is 3.88. The second-order valence-electron chi connectivity index (χ2n) is 5.35. The first-order valence-corrected chi connectivity index (χ1v) is 9.81. The number of thiophene rings is 1. The van der Waals surface area contributed by atoms with Crippen LogP contribution in [0.3, 0.4) is 0 Å². The van der Waals surface area contributed by atoms with Gasteiger partial charge in [0, 0.05) is 16.8 Å². The van der Waals surface area contributed by atoms with Crippen molar-refractivity contribution in [3.8, 4) is 0 Å². The number of anilines is 1. The van der Waals surface area contributed by atoms with Crippen LogP contribution in [0, 0.1) is 6.92 Å². The number of hydrogen-bond donors (Lipinski definition) is 2. The lowest BCUT2D eigenvalue weighted by Crippen LogP contribution is -2.12. The van der Waals surface area contributed by atoms with Crippen LogP contribution in [0.4, 0.5) is 5.69 Å². The number of aryl methyl sites for hydroxylation is 2. The van der Waals surface area contributed by atoms with Crippen molar-refractivity contribution in [1.82, 2.24) is 0 Å². The summed E-state index contributed by atoms with van der Waals surface area (Å²) in [6.07, 6.45) is 1.80. The Hall–Kier alpha value is -2.19. The molecule has 0 saturated carbocycles. The molecule has 0 fully saturated rings. The molecule has 1 heterocycles. The molecular formula is C16H17NO5S2. The normalized spacial score (nSPS) is 11.3. The van der Waals surface area contributed by atoms with Gasteiger partial charge >= 0.3 is 5.97 Å². The van der Waals surface area contributed by atoms with Gasteiger partial charge in [0.2, 0.25) is 0 Å². The minimum atomic E-state index is -3.60. The van der Waals surface area contributed by atoms with Crippen LogP contribution in [-0.4, -0.2) is 31.7 Å². The number of aromatic carboxylic acids is 1. The first kappa shape index (κ1) is 18.2. The van der Waals surface area contributed by atoms with E-state index < -0.39 is 21.7 Å². The summed E-state index contributed by atoms with van der Waals surface area (Å²) in [6.45, 7) is 3.91. The van der Waals surface area contributed by atoms with Gasteiger partial charge in [-0.1, -0.05) is 6.92 Å². The van der Waals surface area contributed by atoms with Gasteiger partial charge in [-0.3, -0.25) is 4.79 Å². The molecule has 2 N–H and O–H groups in total. The summed E-state index contributed by atoms with van der Waals surface area (Å²) in [5.74, 6) is -1.67. The number of rotatable bonds is 5. The average molecular weight is 367 g/mol. The zero-order valence-corrected chi connectivity index (χ0v) is 15.0. The molecule has 0 aliphatic rings. The van der Waals surface area contributed by atoms with E-state index >= 15 is 0 Å². The van der Waals surface area contributed by atoms with Crippen LogP contribution >= 0.6 is 11.3 Å². The van der Waals surface area contributed by atoms with Crippen molar-refractivity contribution in [3.05, 3.63) is 45.1 Å². The Bertz CT molecular complexity index is 913. The molecule has 2 rings (SSSR count). The summed E-state index contributed by atoms with van der Waals surface area (Å²) in [6, 6.07) is 5.31. The molecule has 0 atom stereocenters. The number of hydrogen-bond acceptors (Lipinski definition) is 5. The molecule has 1 aromatic carbocycles. The lowest BCUT2D eigenvalue weighted by Gasteiger charge is -2.08. The molecule has 2 aromatic rings. The van der Waals surface area contributed by atoms with Crippen molar-refractivity contribution in [2.24, 2.45) is 0 Å². The quantitative estimate of drug-likeness (QED) is 0.846. The molecule has 0 aliphatic carbocycles. The van der Waals surface area contributed by atoms with Crippen LogP contribution in [0.25, 0.3) is 0 Å². The van der Waals surface area contributed by atoms with Gasteiger partial charge in [-0.25, -0.2) is 13.2 Å². The first-order valence-electron chi connectivity index (χ1n) is 7.11. The minimum Gasteiger partial charge on any atom is -0.478 e. The third-order valence-electron chi connectivity index (χ3n) is 3.40. The fraction of sp³-hybridized carbons (Fsp3) is 0.250.